The number of amides is 2. The predicted molar refractivity (Wildman–Crippen MR) is 177 cm³/mol. The lowest BCUT2D eigenvalue weighted by atomic mass is 9.90. The predicted octanol–water partition coefficient (Wildman–Crippen LogP) is 3.49. The van der Waals surface area contributed by atoms with Gasteiger partial charge in [0.1, 0.15) is 5.82 Å². The van der Waals surface area contributed by atoms with Gasteiger partial charge in [0.15, 0.2) is 5.96 Å². The molecule has 1 heterocycles. The number of aliphatic imine (C=N–C) groups is 1. The summed E-state index contributed by atoms with van der Waals surface area (Å²) in [4.78, 5) is 35.4. The molecular formula is C32H55N9O2. The van der Waals surface area contributed by atoms with Gasteiger partial charge >= 0.3 is 6.03 Å². The minimum absolute atomic E-state index is 0.0488. The number of benzene rings is 1. The molecule has 0 radical (unpaired) electrons. The summed E-state index contributed by atoms with van der Waals surface area (Å²) in [6, 6.07) is 8.56. The molecule has 1 aliphatic rings. The van der Waals surface area contributed by atoms with E-state index in [4.69, 9.17) is 11.5 Å². The van der Waals surface area contributed by atoms with Crippen molar-refractivity contribution in [2.24, 2.45) is 16.5 Å². The van der Waals surface area contributed by atoms with E-state index in [2.05, 4.69) is 43.2 Å². The Morgan fingerprint density at radius 3 is 2.26 bits per heavy atom. The van der Waals surface area contributed by atoms with E-state index in [9.17, 15) is 9.59 Å². The van der Waals surface area contributed by atoms with Gasteiger partial charge in [-0.1, -0.05) is 64.8 Å². The number of carbonyl (C=O) groups is 1. The maximum atomic E-state index is 12.4. The minimum atomic E-state index is -0.186. The molecule has 1 fully saturated rings. The van der Waals surface area contributed by atoms with Crippen molar-refractivity contribution in [1.82, 2.24) is 31.2 Å². The molecule has 1 aromatic heterocycles. The van der Waals surface area contributed by atoms with E-state index in [1.165, 1.54) is 12.8 Å². The Morgan fingerprint density at radius 2 is 1.70 bits per heavy atom. The van der Waals surface area contributed by atoms with Crippen LogP contribution < -0.4 is 38.3 Å². The van der Waals surface area contributed by atoms with E-state index in [1.807, 2.05) is 65.8 Å². The normalized spacial score (nSPS) is 16.9. The lowest BCUT2D eigenvalue weighted by Gasteiger charge is -2.33. The number of likely N-dealkylation sites (N-methyl/N-ethyl adjacent to an activating group) is 1. The van der Waals surface area contributed by atoms with Gasteiger partial charge in [0, 0.05) is 42.3 Å². The summed E-state index contributed by atoms with van der Waals surface area (Å²) in [5.41, 5.74) is 12.7. The summed E-state index contributed by atoms with van der Waals surface area (Å²) in [6.45, 7) is 17.3. The Labute approximate surface area is 257 Å². The van der Waals surface area contributed by atoms with Crippen LogP contribution in [-0.2, 0) is 12.0 Å². The second-order valence-electron chi connectivity index (χ2n) is 13.2. The molecule has 0 saturated heterocycles. The Bertz CT molecular complexity index is 1210. The van der Waals surface area contributed by atoms with Crippen LogP contribution in [0.2, 0.25) is 0 Å². The first-order chi connectivity index (χ1) is 20.2. The standard InChI is InChI=1S/C19H28N6O.C13H27N3O/c1-19(2,3)17-24-12-15(16(26)25-17)14-7-5-13(6-8-14)11-22-9-4-10-23-18(20)21;1-5-14-10-8-6-7-9-11(10)15-12(17)16-13(2,3)4/h5-8,12,22H,4,9-11H2,1-3H3,(H4,20,21,23)(H,24,25,26);10-11,14H,5-9H2,1-4H3,(H2,15,16,17)/t;10-,11?/m.1/s1. The molecule has 2 atom stereocenters. The second kappa shape index (κ2) is 17.0. The number of nitrogens with two attached hydrogens (primary N) is 2. The number of hydrogen-bond donors (Lipinski definition) is 7. The smallest absolute Gasteiger partial charge is 0.315 e. The van der Waals surface area contributed by atoms with Crippen LogP contribution in [0.25, 0.3) is 11.1 Å². The Balaban J connectivity index is 0.000000329. The average molecular weight is 598 g/mol. The Morgan fingerprint density at radius 1 is 1.05 bits per heavy atom. The van der Waals surface area contributed by atoms with Crippen LogP contribution in [0, 0.1) is 0 Å². The second-order valence-corrected chi connectivity index (χ2v) is 13.2. The number of hydrogen-bond acceptors (Lipinski definition) is 6. The molecule has 240 valence electrons. The van der Waals surface area contributed by atoms with Gasteiger partial charge < -0.3 is 37.7 Å². The van der Waals surface area contributed by atoms with Crippen LogP contribution >= 0.6 is 0 Å². The summed E-state index contributed by atoms with van der Waals surface area (Å²) in [7, 11) is 0. The van der Waals surface area contributed by atoms with Gasteiger partial charge in [-0.2, -0.15) is 0 Å². The highest BCUT2D eigenvalue weighted by Crippen LogP contribution is 2.20. The van der Waals surface area contributed by atoms with Gasteiger partial charge in [-0.15, -0.1) is 0 Å². The molecular weight excluding hydrogens is 542 g/mol. The molecule has 11 nitrogen and oxygen atoms in total. The van der Waals surface area contributed by atoms with Crippen molar-refractivity contribution in [3.8, 4) is 11.1 Å². The van der Waals surface area contributed by atoms with Crippen LogP contribution in [0.1, 0.15) is 92.0 Å². The highest BCUT2D eigenvalue weighted by Gasteiger charge is 2.26. The zero-order valence-electron chi connectivity index (χ0n) is 27.3. The van der Waals surface area contributed by atoms with Crippen molar-refractivity contribution >= 4 is 12.0 Å². The third kappa shape index (κ3) is 13.6. The number of urea groups is 1. The molecule has 1 aliphatic carbocycles. The third-order valence-corrected chi connectivity index (χ3v) is 6.95. The van der Waals surface area contributed by atoms with Crippen LogP contribution in [-0.4, -0.2) is 59.2 Å². The Kier molecular flexibility index (Phi) is 14.1. The van der Waals surface area contributed by atoms with E-state index in [1.54, 1.807) is 6.20 Å². The van der Waals surface area contributed by atoms with Crippen molar-refractivity contribution in [3.05, 3.63) is 52.2 Å². The van der Waals surface area contributed by atoms with Crippen molar-refractivity contribution in [1.29, 1.82) is 0 Å². The first-order valence-electron chi connectivity index (χ1n) is 15.5. The van der Waals surface area contributed by atoms with E-state index in [0.29, 0.717) is 24.0 Å². The van der Waals surface area contributed by atoms with Gasteiger partial charge in [0.25, 0.3) is 5.56 Å². The first-order valence-corrected chi connectivity index (χ1v) is 15.5. The van der Waals surface area contributed by atoms with Gasteiger partial charge in [0.05, 0.1) is 5.56 Å². The number of nitrogens with zero attached hydrogens (tertiary/aromatic N) is 2. The molecule has 43 heavy (non-hydrogen) atoms. The topological polar surface area (TPSA) is 175 Å². The number of rotatable bonds is 10. The molecule has 1 saturated carbocycles. The highest BCUT2D eigenvalue weighted by atomic mass is 16.2. The Hall–Kier alpha value is -3.44. The maximum Gasteiger partial charge on any atom is 0.315 e. The molecule has 1 unspecified atom stereocenters. The van der Waals surface area contributed by atoms with Crippen LogP contribution in [0.5, 0.6) is 0 Å². The number of guanidine groups is 1. The van der Waals surface area contributed by atoms with Gasteiger partial charge in [-0.25, -0.2) is 9.78 Å². The van der Waals surface area contributed by atoms with Gasteiger partial charge in [-0.3, -0.25) is 9.79 Å². The number of aromatic amines is 1. The largest absolute Gasteiger partial charge is 0.370 e. The lowest BCUT2D eigenvalue weighted by Crippen LogP contribution is -2.56. The van der Waals surface area contributed by atoms with Crippen molar-refractivity contribution in [2.45, 2.75) is 110 Å². The first kappa shape index (κ1) is 35.8. The number of nitrogens with one attached hydrogen (secondary N) is 5. The molecule has 0 aliphatic heterocycles. The molecule has 2 aromatic rings. The zero-order chi connectivity index (χ0) is 32.0. The SMILES string of the molecule is CC(C)(C)c1ncc(-c2ccc(CNCCCN=C(N)N)cc2)c(=O)[nH]1.CCN[C@@H]1CCCCC1NC(=O)NC(C)(C)C. The summed E-state index contributed by atoms with van der Waals surface area (Å²) in [5, 5.41) is 12.8. The fourth-order valence-electron chi connectivity index (χ4n) is 4.78. The van der Waals surface area contributed by atoms with Crippen LogP contribution in [0.15, 0.2) is 40.2 Å². The summed E-state index contributed by atoms with van der Waals surface area (Å²) in [5.74, 6) is 0.813. The number of carbonyl (C=O) groups excluding carboxylic acids is 1. The van der Waals surface area contributed by atoms with Gasteiger partial charge in [-0.05, 0) is 64.3 Å². The molecule has 2 amide bonds. The third-order valence-electron chi connectivity index (χ3n) is 6.95. The van der Waals surface area contributed by atoms with Crippen LogP contribution in [0.3, 0.4) is 0 Å². The highest BCUT2D eigenvalue weighted by molar-refractivity contribution is 5.75. The van der Waals surface area contributed by atoms with Crippen molar-refractivity contribution in [2.75, 3.05) is 19.6 Å². The van der Waals surface area contributed by atoms with E-state index < -0.39 is 0 Å². The van der Waals surface area contributed by atoms with Crippen molar-refractivity contribution in [3.63, 3.8) is 0 Å². The average Bonchev–Trinajstić information content (AvgIpc) is 2.91. The van der Waals surface area contributed by atoms with E-state index in [0.717, 1.165) is 50.0 Å². The lowest BCUT2D eigenvalue weighted by molar-refractivity contribution is 0.216. The van der Waals surface area contributed by atoms with Crippen molar-refractivity contribution < 1.29 is 4.79 Å². The number of H-pyrrole nitrogens is 1. The fourth-order valence-corrected chi connectivity index (χ4v) is 4.78. The number of aromatic nitrogens is 2. The minimum Gasteiger partial charge on any atom is -0.370 e. The molecule has 3 rings (SSSR count). The van der Waals surface area contributed by atoms with Gasteiger partial charge in [0.2, 0.25) is 0 Å². The fraction of sp³-hybridized carbons (Fsp3) is 0.625. The summed E-state index contributed by atoms with van der Waals surface area (Å²) in [6.07, 6.45) is 7.23. The molecule has 11 heteroatoms. The summed E-state index contributed by atoms with van der Waals surface area (Å²) < 4.78 is 0. The summed E-state index contributed by atoms with van der Waals surface area (Å²) >= 11 is 0. The maximum absolute atomic E-state index is 12.4. The van der Waals surface area contributed by atoms with E-state index >= 15 is 0 Å². The molecule has 0 spiro atoms. The quantitative estimate of drug-likeness (QED) is 0.125. The van der Waals surface area contributed by atoms with Crippen LogP contribution in [0.4, 0.5) is 4.79 Å². The zero-order valence-corrected chi connectivity index (χ0v) is 27.3. The molecule has 1 aromatic carbocycles. The molecule has 0 bridgehead atoms. The monoisotopic (exact) mass is 597 g/mol. The van der Waals surface area contributed by atoms with E-state index in [-0.39, 0.29) is 34.5 Å². The molecule has 9 N–H and O–H groups in total.